The fraction of sp³-hybridized carbons (Fsp3) is 0.455. The third-order valence-electron chi connectivity index (χ3n) is 2.27. The summed E-state index contributed by atoms with van der Waals surface area (Å²) in [6, 6.07) is 6.71. The average molecular weight is 298 g/mol. The first-order valence-corrected chi connectivity index (χ1v) is 6.96. The van der Waals surface area contributed by atoms with Gasteiger partial charge >= 0.3 is 0 Å². The smallest absolute Gasteiger partial charge is 0.105 e. The van der Waals surface area contributed by atoms with E-state index in [-0.39, 0.29) is 6.04 Å². The molecule has 1 fully saturated rings. The van der Waals surface area contributed by atoms with Gasteiger partial charge in [-0.25, -0.2) is 4.98 Å². The number of rotatable bonds is 5. The molecule has 0 aromatic carbocycles. The van der Waals surface area contributed by atoms with Crippen LogP contribution in [0, 0.1) is 11.3 Å². The van der Waals surface area contributed by atoms with Gasteiger partial charge in [-0.2, -0.15) is 5.26 Å². The molecule has 0 spiro atoms. The lowest BCUT2D eigenvalue weighted by molar-refractivity contribution is 0.644. The lowest BCUT2D eigenvalue weighted by Gasteiger charge is -2.09. The van der Waals surface area contributed by atoms with Crippen molar-refractivity contribution in [1.82, 2.24) is 10.3 Å². The molecule has 1 aromatic rings. The van der Waals surface area contributed by atoms with E-state index in [0.717, 1.165) is 15.3 Å². The van der Waals surface area contributed by atoms with Crippen molar-refractivity contribution in [2.24, 2.45) is 0 Å². The zero-order chi connectivity index (χ0) is 11.4. The van der Waals surface area contributed by atoms with Gasteiger partial charge in [0.15, 0.2) is 0 Å². The van der Waals surface area contributed by atoms with Gasteiger partial charge in [0.05, 0.1) is 11.1 Å². The fourth-order valence-corrected chi connectivity index (χ4v) is 2.31. The molecule has 16 heavy (non-hydrogen) atoms. The molecule has 1 aliphatic rings. The highest BCUT2D eigenvalue weighted by molar-refractivity contribution is 9.10. The van der Waals surface area contributed by atoms with Crippen LogP contribution in [0.5, 0.6) is 0 Å². The molecule has 2 rings (SSSR count). The number of nitrogens with one attached hydrogen (secondary N) is 1. The van der Waals surface area contributed by atoms with Gasteiger partial charge in [-0.3, -0.25) is 5.32 Å². The highest BCUT2D eigenvalue weighted by Crippen LogP contribution is 2.22. The summed E-state index contributed by atoms with van der Waals surface area (Å²) in [6.45, 7) is 0. The Morgan fingerprint density at radius 1 is 1.62 bits per heavy atom. The molecule has 0 aliphatic heterocycles. The normalized spacial score (nSPS) is 16.8. The molecule has 1 unspecified atom stereocenters. The summed E-state index contributed by atoms with van der Waals surface area (Å²) in [7, 11) is 0. The molecule has 5 heteroatoms. The first-order valence-electron chi connectivity index (χ1n) is 5.18. The van der Waals surface area contributed by atoms with Crippen molar-refractivity contribution < 1.29 is 0 Å². The van der Waals surface area contributed by atoms with E-state index in [1.807, 2.05) is 12.1 Å². The van der Waals surface area contributed by atoms with Crippen LogP contribution in [0.4, 0.5) is 0 Å². The zero-order valence-corrected chi connectivity index (χ0v) is 11.1. The minimum absolute atomic E-state index is 0.0667. The molecule has 1 N–H and O–H groups in total. The van der Waals surface area contributed by atoms with E-state index in [1.54, 1.807) is 18.0 Å². The molecule has 1 atom stereocenters. The standard InChI is InChI=1S/C11H12BrN3S/c12-8-1-4-11(14-6-8)16-7-10(5-13)15-9-2-3-9/h1,4,6,9-10,15H,2-3,7H2. The Labute approximate surface area is 108 Å². The van der Waals surface area contributed by atoms with Crippen LogP contribution in [0.25, 0.3) is 0 Å². The Kier molecular flexibility index (Phi) is 4.22. The van der Waals surface area contributed by atoms with Gasteiger partial charge in [-0.15, -0.1) is 11.8 Å². The van der Waals surface area contributed by atoms with Gasteiger partial charge in [0.25, 0.3) is 0 Å². The van der Waals surface area contributed by atoms with Crippen LogP contribution in [0.15, 0.2) is 27.8 Å². The summed E-state index contributed by atoms with van der Waals surface area (Å²) in [6.07, 6.45) is 4.19. The zero-order valence-electron chi connectivity index (χ0n) is 8.69. The van der Waals surface area contributed by atoms with Crippen molar-refractivity contribution in [3.8, 4) is 6.07 Å². The minimum atomic E-state index is -0.0667. The molecule has 84 valence electrons. The minimum Gasteiger partial charge on any atom is -0.298 e. The fourth-order valence-electron chi connectivity index (χ4n) is 1.27. The van der Waals surface area contributed by atoms with E-state index in [0.29, 0.717) is 6.04 Å². The predicted octanol–water partition coefficient (Wildman–Crippen LogP) is 2.58. The molecule has 0 amide bonds. The second-order valence-electron chi connectivity index (χ2n) is 3.75. The van der Waals surface area contributed by atoms with E-state index in [9.17, 15) is 0 Å². The van der Waals surface area contributed by atoms with Gasteiger partial charge in [0.1, 0.15) is 6.04 Å². The van der Waals surface area contributed by atoms with Crippen molar-refractivity contribution in [1.29, 1.82) is 5.26 Å². The monoisotopic (exact) mass is 297 g/mol. The average Bonchev–Trinajstić information content (AvgIpc) is 3.10. The van der Waals surface area contributed by atoms with Crippen molar-refractivity contribution >= 4 is 27.7 Å². The lowest BCUT2D eigenvalue weighted by Crippen LogP contribution is -2.31. The molecular formula is C11H12BrN3S. The third-order valence-corrected chi connectivity index (χ3v) is 3.77. The number of nitriles is 1. The lowest BCUT2D eigenvalue weighted by atomic mass is 10.4. The van der Waals surface area contributed by atoms with E-state index < -0.39 is 0 Å². The summed E-state index contributed by atoms with van der Waals surface area (Å²) >= 11 is 4.96. The van der Waals surface area contributed by atoms with Crippen LogP contribution < -0.4 is 5.32 Å². The first kappa shape index (κ1) is 11.9. The maximum Gasteiger partial charge on any atom is 0.105 e. The number of nitrogens with zero attached hydrogens (tertiary/aromatic N) is 2. The number of pyridine rings is 1. The summed E-state index contributed by atoms with van der Waals surface area (Å²) in [5.74, 6) is 0.752. The molecule has 0 radical (unpaired) electrons. The van der Waals surface area contributed by atoms with E-state index in [4.69, 9.17) is 5.26 Å². The van der Waals surface area contributed by atoms with Gasteiger partial charge in [0.2, 0.25) is 0 Å². The summed E-state index contributed by atoms with van der Waals surface area (Å²) < 4.78 is 0.977. The van der Waals surface area contributed by atoms with Gasteiger partial charge in [-0.1, -0.05) is 0 Å². The summed E-state index contributed by atoms with van der Waals surface area (Å²) in [5, 5.41) is 13.2. The van der Waals surface area contributed by atoms with Crippen LogP contribution in [-0.2, 0) is 0 Å². The van der Waals surface area contributed by atoms with Crippen molar-refractivity contribution in [3.05, 3.63) is 22.8 Å². The number of thioether (sulfide) groups is 1. The van der Waals surface area contributed by atoms with Crippen LogP contribution in [0.1, 0.15) is 12.8 Å². The maximum atomic E-state index is 8.97. The molecule has 1 aromatic heterocycles. The van der Waals surface area contributed by atoms with Crippen LogP contribution in [0.3, 0.4) is 0 Å². The number of halogens is 1. The van der Waals surface area contributed by atoms with E-state index in [2.05, 4.69) is 32.3 Å². The first-order chi connectivity index (χ1) is 7.78. The Morgan fingerprint density at radius 2 is 2.44 bits per heavy atom. The second kappa shape index (κ2) is 5.67. The van der Waals surface area contributed by atoms with Gasteiger partial charge < -0.3 is 0 Å². The third kappa shape index (κ3) is 3.78. The highest BCUT2D eigenvalue weighted by Gasteiger charge is 2.24. The van der Waals surface area contributed by atoms with Gasteiger partial charge in [-0.05, 0) is 40.9 Å². The van der Waals surface area contributed by atoms with Crippen molar-refractivity contribution in [3.63, 3.8) is 0 Å². The van der Waals surface area contributed by atoms with Crippen molar-refractivity contribution in [2.45, 2.75) is 30.0 Å². The van der Waals surface area contributed by atoms with Crippen LogP contribution in [0.2, 0.25) is 0 Å². The topological polar surface area (TPSA) is 48.7 Å². The number of hydrogen-bond donors (Lipinski definition) is 1. The molecule has 1 saturated carbocycles. The van der Waals surface area contributed by atoms with Crippen LogP contribution >= 0.6 is 27.7 Å². The Morgan fingerprint density at radius 3 is 3.00 bits per heavy atom. The Bertz CT molecular complexity index is 383. The quantitative estimate of drug-likeness (QED) is 0.849. The summed E-state index contributed by atoms with van der Waals surface area (Å²) in [5.41, 5.74) is 0. The van der Waals surface area contributed by atoms with E-state index in [1.165, 1.54) is 12.8 Å². The molecule has 3 nitrogen and oxygen atoms in total. The number of hydrogen-bond acceptors (Lipinski definition) is 4. The molecule has 0 saturated heterocycles. The molecule has 1 aliphatic carbocycles. The van der Waals surface area contributed by atoms with Gasteiger partial charge in [0, 0.05) is 22.5 Å². The van der Waals surface area contributed by atoms with E-state index >= 15 is 0 Å². The Balaban J connectivity index is 1.80. The van der Waals surface area contributed by atoms with Crippen LogP contribution in [-0.4, -0.2) is 22.8 Å². The number of aromatic nitrogens is 1. The second-order valence-corrected chi connectivity index (χ2v) is 5.70. The largest absolute Gasteiger partial charge is 0.298 e. The SMILES string of the molecule is N#CC(CSc1ccc(Br)cn1)NC1CC1. The molecular weight excluding hydrogens is 286 g/mol. The molecule has 1 heterocycles. The highest BCUT2D eigenvalue weighted by atomic mass is 79.9. The predicted molar refractivity (Wildman–Crippen MR) is 68.2 cm³/mol. The Hall–Kier alpha value is -0.570. The van der Waals surface area contributed by atoms with Crippen molar-refractivity contribution in [2.75, 3.05) is 5.75 Å². The molecule has 0 bridgehead atoms. The maximum absolute atomic E-state index is 8.97. The summed E-state index contributed by atoms with van der Waals surface area (Å²) in [4.78, 5) is 4.26.